The number of aryl methyl sites for hydroxylation is 1. The van der Waals surface area contributed by atoms with Gasteiger partial charge in [0.05, 0.1) is 0 Å². The van der Waals surface area contributed by atoms with Gasteiger partial charge in [0.1, 0.15) is 5.40 Å². The van der Waals surface area contributed by atoms with Crippen LogP contribution in [-0.2, 0) is 6.42 Å². The second kappa shape index (κ2) is 3.20. The lowest BCUT2D eigenvalue weighted by atomic mass is 10.1. The number of thiocyanates is 1. The summed E-state index contributed by atoms with van der Waals surface area (Å²) in [5.41, 5.74) is 2.79. The Kier molecular flexibility index (Phi) is 2.05. The lowest BCUT2D eigenvalue weighted by molar-refractivity contribution is 0.894. The van der Waals surface area contributed by atoms with Gasteiger partial charge in [-0.1, -0.05) is 24.3 Å². The fourth-order valence-corrected chi connectivity index (χ4v) is 2.42. The Morgan fingerprint density at radius 1 is 1.42 bits per heavy atom. The molecule has 1 aliphatic rings. The molecule has 2 heteroatoms. The van der Waals surface area contributed by atoms with Crippen molar-refractivity contribution in [3.63, 3.8) is 0 Å². The topological polar surface area (TPSA) is 23.8 Å². The molecule has 0 aliphatic heterocycles. The number of hydrogen-bond donors (Lipinski definition) is 0. The predicted molar refractivity (Wildman–Crippen MR) is 50.7 cm³/mol. The van der Waals surface area contributed by atoms with Crippen LogP contribution in [0.25, 0.3) is 0 Å². The van der Waals surface area contributed by atoms with Crippen LogP contribution in [0.15, 0.2) is 24.3 Å². The summed E-state index contributed by atoms with van der Waals surface area (Å²) in [5, 5.41) is 11.2. The monoisotopic (exact) mass is 175 g/mol. The summed E-state index contributed by atoms with van der Waals surface area (Å²) in [6.07, 6.45) is 2.26. The molecule has 1 aliphatic carbocycles. The van der Waals surface area contributed by atoms with Crippen LogP contribution in [0, 0.1) is 10.7 Å². The SMILES string of the molecule is N#CS[C@@H]1CCc2ccccc21. The maximum absolute atomic E-state index is 8.57. The second-order valence-electron chi connectivity index (χ2n) is 2.94. The first-order valence-corrected chi connectivity index (χ1v) is 4.92. The third-order valence-electron chi connectivity index (χ3n) is 2.27. The minimum atomic E-state index is 0.422. The predicted octanol–water partition coefficient (Wildman–Crippen LogP) is 2.89. The van der Waals surface area contributed by atoms with Gasteiger partial charge < -0.3 is 0 Å². The summed E-state index contributed by atoms with van der Waals surface area (Å²) in [6, 6.07) is 8.41. The van der Waals surface area contributed by atoms with E-state index in [1.165, 1.54) is 22.9 Å². The van der Waals surface area contributed by atoms with Crippen molar-refractivity contribution in [3.8, 4) is 5.40 Å². The van der Waals surface area contributed by atoms with Crippen molar-refractivity contribution in [1.82, 2.24) is 0 Å². The highest BCUT2D eigenvalue weighted by atomic mass is 32.2. The van der Waals surface area contributed by atoms with E-state index in [2.05, 4.69) is 29.7 Å². The van der Waals surface area contributed by atoms with Crippen molar-refractivity contribution in [2.24, 2.45) is 0 Å². The fourth-order valence-electron chi connectivity index (χ4n) is 1.70. The smallest absolute Gasteiger partial charge is 0.133 e. The first-order chi connectivity index (χ1) is 5.92. The summed E-state index contributed by atoms with van der Waals surface area (Å²) in [4.78, 5) is 0. The molecule has 0 unspecified atom stereocenters. The Hall–Kier alpha value is -0.940. The van der Waals surface area contributed by atoms with Gasteiger partial charge in [0.15, 0.2) is 0 Å². The van der Waals surface area contributed by atoms with Crippen LogP contribution in [0.3, 0.4) is 0 Å². The lowest BCUT2D eigenvalue weighted by Gasteiger charge is -2.03. The molecule has 2 rings (SSSR count). The van der Waals surface area contributed by atoms with Crippen molar-refractivity contribution >= 4 is 11.8 Å². The van der Waals surface area contributed by atoms with E-state index in [0.717, 1.165) is 12.8 Å². The second-order valence-corrected chi connectivity index (χ2v) is 3.92. The largest absolute Gasteiger partial charge is 0.185 e. The van der Waals surface area contributed by atoms with Crippen LogP contribution in [0.5, 0.6) is 0 Å². The van der Waals surface area contributed by atoms with Crippen molar-refractivity contribution in [2.75, 3.05) is 0 Å². The summed E-state index contributed by atoms with van der Waals surface area (Å²) in [6.45, 7) is 0. The van der Waals surface area contributed by atoms with Crippen molar-refractivity contribution in [2.45, 2.75) is 18.1 Å². The number of hydrogen-bond acceptors (Lipinski definition) is 2. The molecule has 0 saturated heterocycles. The molecule has 12 heavy (non-hydrogen) atoms. The zero-order chi connectivity index (χ0) is 8.39. The van der Waals surface area contributed by atoms with Gasteiger partial charge in [0.25, 0.3) is 0 Å². The molecule has 0 bridgehead atoms. The van der Waals surface area contributed by atoms with Gasteiger partial charge in [-0.15, -0.1) is 0 Å². The Labute approximate surface area is 76.4 Å². The molecule has 0 spiro atoms. The molecule has 0 fully saturated rings. The standard InChI is InChI=1S/C10H9NS/c11-7-12-10-6-5-8-3-1-2-4-9(8)10/h1-4,10H,5-6H2/t10-/m1/s1. The first-order valence-electron chi connectivity index (χ1n) is 4.04. The lowest BCUT2D eigenvalue weighted by Crippen LogP contribution is -1.84. The number of benzene rings is 1. The van der Waals surface area contributed by atoms with E-state index in [1.807, 2.05) is 0 Å². The molecule has 0 aromatic heterocycles. The Morgan fingerprint density at radius 2 is 2.25 bits per heavy atom. The molecular formula is C10H9NS. The highest BCUT2D eigenvalue weighted by molar-refractivity contribution is 8.03. The van der Waals surface area contributed by atoms with Gasteiger partial charge in [0, 0.05) is 5.25 Å². The summed E-state index contributed by atoms with van der Waals surface area (Å²) in [5.74, 6) is 0. The van der Waals surface area contributed by atoms with E-state index in [9.17, 15) is 0 Å². The van der Waals surface area contributed by atoms with Crippen LogP contribution in [0.2, 0.25) is 0 Å². The molecule has 1 aromatic rings. The normalized spacial score (nSPS) is 20.1. The van der Waals surface area contributed by atoms with Crippen LogP contribution in [-0.4, -0.2) is 0 Å². The fraction of sp³-hybridized carbons (Fsp3) is 0.300. The highest BCUT2D eigenvalue weighted by Gasteiger charge is 2.21. The molecule has 0 amide bonds. The van der Waals surface area contributed by atoms with E-state index < -0.39 is 0 Å². The van der Waals surface area contributed by atoms with Gasteiger partial charge in [-0.25, -0.2) is 0 Å². The van der Waals surface area contributed by atoms with Gasteiger partial charge in [-0.05, 0) is 35.7 Å². The Morgan fingerprint density at radius 3 is 3.08 bits per heavy atom. The van der Waals surface area contributed by atoms with Crippen LogP contribution in [0.4, 0.5) is 0 Å². The first kappa shape index (κ1) is 7.70. The van der Waals surface area contributed by atoms with Crippen molar-refractivity contribution < 1.29 is 0 Å². The van der Waals surface area contributed by atoms with Crippen molar-refractivity contribution in [3.05, 3.63) is 35.4 Å². The summed E-state index contributed by atoms with van der Waals surface area (Å²) < 4.78 is 0. The summed E-state index contributed by atoms with van der Waals surface area (Å²) >= 11 is 1.39. The molecule has 1 nitrogen and oxygen atoms in total. The van der Waals surface area contributed by atoms with E-state index >= 15 is 0 Å². The van der Waals surface area contributed by atoms with E-state index in [1.54, 1.807) is 0 Å². The molecule has 1 aromatic carbocycles. The van der Waals surface area contributed by atoms with Crippen molar-refractivity contribution in [1.29, 1.82) is 5.26 Å². The Bertz CT molecular complexity index is 327. The van der Waals surface area contributed by atoms with Crippen LogP contribution < -0.4 is 0 Å². The van der Waals surface area contributed by atoms with E-state index in [4.69, 9.17) is 5.26 Å². The number of rotatable bonds is 1. The minimum Gasteiger partial charge on any atom is -0.185 e. The van der Waals surface area contributed by atoms with Gasteiger partial charge in [-0.2, -0.15) is 5.26 Å². The maximum atomic E-state index is 8.57. The average Bonchev–Trinajstić information content (AvgIpc) is 2.50. The maximum Gasteiger partial charge on any atom is 0.133 e. The molecule has 1 atom stereocenters. The molecule has 0 radical (unpaired) electrons. The van der Waals surface area contributed by atoms with Crippen LogP contribution >= 0.6 is 11.8 Å². The molecule has 0 heterocycles. The van der Waals surface area contributed by atoms with Crippen LogP contribution in [0.1, 0.15) is 22.8 Å². The third kappa shape index (κ3) is 1.21. The molecule has 0 N–H and O–H groups in total. The molecule has 0 saturated carbocycles. The molecular weight excluding hydrogens is 166 g/mol. The minimum absolute atomic E-state index is 0.422. The van der Waals surface area contributed by atoms with E-state index in [-0.39, 0.29) is 0 Å². The van der Waals surface area contributed by atoms with Gasteiger partial charge >= 0.3 is 0 Å². The Balaban J connectivity index is 2.31. The third-order valence-corrected chi connectivity index (χ3v) is 3.15. The zero-order valence-electron chi connectivity index (χ0n) is 6.66. The number of nitrogens with zero attached hydrogens (tertiary/aromatic N) is 1. The highest BCUT2D eigenvalue weighted by Crippen LogP contribution is 2.40. The molecule has 60 valence electrons. The number of nitriles is 1. The van der Waals surface area contributed by atoms with Gasteiger partial charge in [-0.3, -0.25) is 0 Å². The zero-order valence-corrected chi connectivity index (χ0v) is 7.47. The quantitative estimate of drug-likeness (QED) is 0.613. The summed E-state index contributed by atoms with van der Waals surface area (Å²) in [7, 11) is 0. The number of thioether (sulfide) groups is 1. The number of fused-ring (bicyclic) bond motifs is 1. The van der Waals surface area contributed by atoms with Gasteiger partial charge in [0.2, 0.25) is 0 Å². The van der Waals surface area contributed by atoms with E-state index in [0.29, 0.717) is 5.25 Å². The average molecular weight is 175 g/mol.